The second kappa shape index (κ2) is 10.2. The van der Waals surface area contributed by atoms with Gasteiger partial charge in [-0.2, -0.15) is 0 Å². The van der Waals surface area contributed by atoms with E-state index < -0.39 is 12.2 Å². The predicted octanol–water partition coefficient (Wildman–Crippen LogP) is -3.43. The van der Waals surface area contributed by atoms with Crippen molar-refractivity contribution in [3.63, 3.8) is 0 Å². The number of carbonyl (C=O) groups is 2. The van der Waals surface area contributed by atoms with Crippen molar-refractivity contribution >= 4 is 12.2 Å². The minimum Gasteiger partial charge on any atom is -0.530 e. The third-order valence-corrected chi connectivity index (χ3v) is 0. The average molecular weight is 185 g/mol. The first kappa shape index (κ1) is 15.7. The Hall–Kier alpha value is -0.837. The zero-order chi connectivity index (χ0) is 7.15. The average Bonchev–Trinajstić information content (AvgIpc) is 1.25. The van der Waals surface area contributed by atoms with Crippen molar-refractivity contribution in [3.8, 4) is 0 Å². The number of nitrogens with two attached hydrogens (primary N) is 2. The molecular formula is C2H4N2O4Zn. The van der Waals surface area contributed by atoms with Crippen LogP contribution < -0.4 is 21.7 Å². The van der Waals surface area contributed by atoms with Crippen molar-refractivity contribution in [2.45, 2.75) is 0 Å². The van der Waals surface area contributed by atoms with Gasteiger partial charge in [0.25, 0.3) is 0 Å². The summed E-state index contributed by atoms with van der Waals surface area (Å²) in [6, 6.07) is 0. The second-order valence-corrected chi connectivity index (χ2v) is 0.638. The van der Waals surface area contributed by atoms with Gasteiger partial charge in [-0.3, -0.25) is 0 Å². The third kappa shape index (κ3) is 273. The van der Waals surface area contributed by atoms with Gasteiger partial charge in [0.1, 0.15) is 12.2 Å². The van der Waals surface area contributed by atoms with Gasteiger partial charge in [-0.1, -0.05) is 0 Å². The summed E-state index contributed by atoms with van der Waals surface area (Å²) in [4.78, 5) is 17.3. The minimum atomic E-state index is -1.58. The van der Waals surface area contributed by atoms with Crippen LogP contribution in [0.3, 0.4) is 0 Å². The molecule has 0 bridgehead atoms. The number of carbonyl (C=O) groups excluding carboxylic acids is 2. The van der Waals surface area contributed by atoms with Crippen molar-refractivity contribution in [2.24, 2.45) is 11.5 Å². The summed E-state index contributed by atoms with van der Waals surface area (Å²) in [5.74, 6) is 0. The Bertz CT molecular complexity index is 74.6. The zero-order valence-electron chi connectivity index (χ0n) is 4.49. The molecule has 0 radical (unpaired) electrons. The molecule has 6 nitrogen and oxygen atoms in total. The Kier molecular flexibility index (Phi) is 17.8. The minimum absolute atomic E-state index is 0. The van der Waals surface area contributed by atoms with Crippen molar-refractivity contribution in [2.75, 3.05) is 0 Å². The molecule has 0 fully saturated rings. The van der Waals surface area contributed by atoms with E-state index in [9.17, 15) is 0 Å². The van der Waals surface area contributed by atoms with Crippen LogP contribution in [0.5, 0.6) is 0 Å². The molecule has 0 atom stereocenters. The van der Waals surface area contributed by atoms with Crippen LogP contribution in [0.15, 0.2) is 0 Å². The summed E-state index contributed by atoms with van der Waals surface area (Å²) < 4.78 is 0. The summed E-state index contributed by atoms with van der Waals surface area (Å²) >= 11 is 0. The standard InChI is InChI=1S/2CH3NO2.Zn/c2*2-1(3)4;/h2*2H2,(H,3,4);/q;;+2/p-2. The topological polar surface area (TPSA) is 132 Å². The van der Waals surface area contributed by atoms with Gasteiger partial charge in [-0.15, -0.1) is 0 Å². The van der Waals surface area contributed by atoms with E-state index in [1.807, 2.05) is 0 Å². The van der Waals surface area contributed by atoms with E-state index in [4.69, 9.17) is 19.8 Å². The monoisotopic (exact) mass is 184 g/mol. The normalized spacial score (nSPS) is 5.33. The maximum Gasteiger partial charge on any atom is 2.00 e. The molecule has 0 saturated heterocycles. The summed E-state index contributed by atoms with van der Waals surface area (Å²) in [6.45, 7) is 0. The van der Waals surface area contributed by atoms with Crippen LogP contribution in [0.1, 0.15) is 0 Å². The van der Waals surface area contributed by atoms with E-state index in [0.29, 0.717) is 0 Å². The van der Waals surface area contributed by atoms with Crippen molar-refractivity contribution in [3.05, 3.63) is 0 Å². The molecule has 4 N–H and O–H groups in total. The Morgan fingerprint density at radius 3 is 1.00 bits per heavy atom. The number of hydrogen-bond donors (Lipinski definition) is 2. The number of rotatable bonds is 0. The van der Waals surface area contributed by atoms with E-state index in [0.717, 1.165) is 0 Å². The van der Waals surface area contributed by atoms with Crippen molar-refractivity contribution in [1.29, 1.82) is 0 Å². The molecule has 0 aromatic carbocycles. The second-order valence-electron chi connectivity index (χ2n) is 0.638. The summed E-state index contributed by atoms with van der Waals surface area (Å²) in [5, 5.41) is 17.3. The fraction of sp³-hybridized carbons (Fsp3) is 0. The van der Waals surface area contributed by atoms with Gasteiger partial charge in [0.15, 0.2) is 0 Å². The van der Waals surface area contributed by atoms with Gasteiger partial charge < -0.3 is 31.3 Å². The Morgan fingerprint density at radius 1 is 1.00 bits per heavy atom. The largest absolute Gasteiger partial charge is 2.00 e. The first-order valence-electron chi connectivity index (χ1n) is 1.39. The molecule has 0 aromatic rings. The van der Waals surface area contributed by atoms with E-state index in [1.165, 1.54) is 0 Å². The van der Waals surface area contributed by atoms with E-state index >= 15 is 0 Å². The number of amides is 2. The Balaban J connectivity index is -0.0000000720. The van der Waals surface area contributed by atoms with E-state index in [-0.39, 0.29) is 19.5 Å². The molecule has 0 rings (SSSR count). The molecule has 0 saturated carbocycles. The SMILES string of the molecule is NC(=O)[O-].NC(=O)[O-].[Zn+2]. The van der Waals surface area contributed by atoms with Crippen LogP contribution in [0.4, 0.5) is 9.59 Å². The van der Waals surface area contributed by atoms with Gasteiger partial charge in [0.2, 0.25) is 0 Å². The van der Waals surface area contributed by atoms with Crippen LogP contribution in [0.2, 0.25) is 0 Å². The van der Waals surface area contributed by atoms with Crippen molar-refractivity contribution < 1.29 is 39.3 Å². The smallest absolute Gasteiger partial charge is 0.530 e. The molecule has 0 aromatic heterocycles. The van der Waals surface area contributed by atoms with Gasteiger partial charge in [0.05, 0.1) is 0 Å². The summed E-state index contributed by atoms with van der Waals surface area (Å²) in [6.07, 6.45) is -3.17. The molecule has 2 amide bonds. The molecule has 0 heterocycles. The fourth-order valence-electron chi connectivity index (χ4n) is 0. The molecule has 9 heavy (non-hydrogen) atoms. The maximum atomic E-state index is 8.67. The number of hydrogen-bond acceptors (Lipinski definition) is 4. The van der Waals surface area contributed by atoms with Gasteiger partial charge >= 0.3 is 19.5 Å². The molecular weight excluding hydrogens is 181 g/mol. The third-order valence-electron chi connectivity index (χ3n) is 0. The molecule has 0 spiro atoms. The Labute approximate surface area is 63.6 Å². The van der Waals surface area contributed by atoms with E-state index in [1.54, 1.807) is 0 Å². The van der Waals surface area contributed by atoms with Crippen LogP contribution in [0.25, 0.3) is 0 Å². The Morgan fingerprint density at radius 2 is 1.00 bits per heavy atom. The van der Waals surface area contributed by atoms with Crippen LogP contribution in [-0.4, -0.2) is 12.2 Å². The van der Waals surface area contributed by atoms with Gasteiger partial charge in [-0.25, -0.2) is 0 Å². The maximum absolute atomic E-state index is 8.67. The van der Waals surface area contributed by atoms with Crippen LogP contribution in [-0.2, 0) is 19.5 Å². The molecule has 48 valence electrons. The number of primary amides is 2. The van der Waals surface area contributed by atoms with Gasteiger partial charge in [0, 0.05) is 0 Å². The zero-order valence-corrected chi connectivity index (χ0v) is 7.46. The molecule has 0 aliphatic carbocycles. The van der Waals surface area contributed by atoms with Gasteiger partial charge in [-0.05, 0) is 0 Å². The first-order chi connectivity index (χ1) is 3.46. The number of carboxylic acid groups (broad SMARTS) is 2. The van der Waals surface area contributed by atoms with Crippen LogP contribution >= 0.6 is 0 Å². The molecule has 7 heteroatoms. The first-order valence-corrected chi connectivity index (χ1v) is 1.39. The summed E-state index contributed by atoms with van der Waals surface area (Å²) in [5.41, 5.74) is 7.83. The fourth-order valence-corrected chi connectivity index (χ4v) is 0. The molecule has 0 aliphatic heterocycles. The predicted molar refractivity (Wildman–Crippen MR) is 19.2 cm³/mol. The molecule has 0 unspecified atom stereocenters. The summed E-state index contributed by atoms with van der Waals surface area (Å²) in [7, 11) is 0. The quantitative estimate of drug-likeness (QED) is 0.380. The van der Waals surface area contributed by atoms with E-state index in [2.05, 4.69) is 11.5 Å². The van der Waals surface area contributed by atoms with Crippen molar-refractivity contribution in [1.82, 2.24) is 0 Å². The molecule has 0 aliphatic rings. The van der Waals surface area contributed by atoms with Crippen LogP contribution in [0, 0.1) is 0 Å².